The Bertz CT molecular complexity index is 263. The lowest BCUT2D eigenvalue weighted by Gasteiger charge is -1.99. The average Bonchev–Trinajstić information content (AvgIpc) is 2.71. The van der Waals surface area contributed by atoms with Crippen LogP contribution in [0.3, 0.4) is 0 Å². The fourth-order valence-electron chi connectivity index (χ4n) is 1.30. The third-order valence-corrected chi connectivity index (χ3v) is 4.08. The van der Waals surface area contributed by atoms with E-state index in [9.17, 15) is 0 Å². The van der Waals surface area contributed by atoms with Gasteiger partial charge in [-0.05, 0) is 32.2 Å². The maximum absolute atomic E-state index is 4.15. The summed E-state index contributed by atoms with van der Waals surface area (Å²) in [6.07, 6.45) is 6.91. The molecule has 1 N–H and O–H groups in total. The van der Waals surface area contributed by atoms with Gasteiger partial charge in [0.25, 0.3) is 0 Å². The largest absolute Gasteiger partial charge is 0.317 e. The standard InChI is InChI=1S/C10H19N3S2/c1-3-11-8-6-4-5-7-9-12-13-10(14-2)15-9/h11H,3-8H2,1-2H3. The van der Waals surface area contributed by atoms with E-state index in [1.54, 1.807) is 23.1 Å². The highest BCUT2D eigenvalue weighted by molar-refractivity contribution is 8.00. The molecule has 0 aliphatic carbocycles. The first-order chi connectivity index (χ1) is 7.36. The van der Waals surface area contributed by atoms with Gasteiger partial charge >= 0.3 is 0 Å². The van der Waals surface area contributed by atoms with Crippen LogP contribution in [-0.2, 0) is 6.42 Å². The molecule has 0 fully saturated rings. The number of thioether (sulfide) groups is 1. The quantitative estimate of drug-likeness (QED) is 0.564. The number of hydrogen-bond donors (Lipinski definition) is 1. The van der Waals surface area contributed by atoms with Crippen LogP contribution < -0.4 is 5.32 Å². The van der Waals surface area contributed by atoms with E-state index >= 15 is 0 Å². The van der Waals surface area contributed by atoms with Gasteiger partial charge in [0.05, 0.1) is 0 Å². The number of unbranched alkanes of at least 4 members (excludes halogenated alkanes) is 2. The van der Waals surface area contributed by atoms with Crippen LogP contribution in [-0.4, -0.2) is 29.5 Å². The molecular weight excluding hydrogens is 226 g/mol. The Kier molecular flexibility index (Phi) is 6.96. The third-order valence-electron chi connectivity index (χ3n) is 2.12. The molecule has 1 heterocycles. The summed E-state index contributed by atoms with van der Waals surface area (Å²) in [5, 5.41) is 12.7. The van der Waals surface area contributed by atoms with Gasteiger partial charge in [-0.2, -0.15) is 0 Å². The molecule has 0 bridgehead atoms. The molecule has 15 heavy (non-hydrogen) atoms. The molecule has 0 aliphatic heterocycles. The van der Waals surface area contributed by atoms with Crippen LogP contribution in [0.1, 0.15) is 31.2 Å². The summed E-state index contributed by atoms with van der Waals surface area (Å²) in [5.41, 5.74) is 0. The van der Waals surface area contributed by atoms with Crippen LogP contribution in [0.15, 0.2) is 4.34 Å². The lowest BCUT2D eigenvalue weighted by molar-refractivity contribution is 0.615. The van der Waals surface area contributed by atoms with E-state index < -0.39 is 0 Å². The van der Waals surface area contributed by atoms with Crippen LogP contribution in [0, 0.1) is 0 Å². The van der Waals surface area contributed by atoms with Crippen LogP contribution >= 0.6 is 23.1 Å². The first-order valence-electron chi connectivity index (χ1n) is 5.44. The molecule has 3 nitrogen and oxygen atoms in total. The van der Waals surface area contributed by atoms with Crippen LogP contribution in [0.25, 0.3) is 0 Å². The van der Waals surface area contributed by atoms with Crippen molar-refractivity contribution in [2.24, 2.45) is 0 Å². The SMILES string of the molecule is CCNCCCCCc1nnc(SC)s1. The molecule has 86 valence electrons. The average molecular weight is 245 g/mol. The Hall–Kier alpha value is -0.130. The smallest absolute Gasteiger partial charge is 0.174 e. The van der Waals surface area contributed by atoms with E-state index in [1.165, 1.54) is 24.3 Å². The van der Waals surface area contributed by atoms with E-state index in [-0.39, 0.29) is 0 Å². The zero-order chi connectivity index (χ0) is 10.9. The fraction of sp³-hybridized carbons (Fsp3) is 0.800. The predicted molar refractivity (Wildman–Crippen MR) is 67.8 cm³/mol. The molecule has 1 aromatic rings. The van der Waals surface area contributed by atoms with Crippen LogP contribution in [0.5, 0.6) is 0 Å². The minimum Gasteiger partial charge on any atom is -0.317 e. The summed E-state index contributed by atoms with van der Waals surface area (Å²) in [7, 11) is 0. The molecule has 1 rings (SSSR count). The Morgan fingerprint density at radius 1 is 1.27 bits per heavy atom. The molecule has 1 aromatic heterocycles. The minimum atomic E-state index is 1.08. The monoisotopic (exact) mass is 245 g/mol. The predicted octanol–water partition coefficient (Wildman–Crippen LogP) is 2.58. The van der Waals surface area contributed by atoms with Crippen molar-refractivity contribution >= 4 is 23.1 Å². The van der Waals surface area contributed by atoms with Crippen molar-refractivity contribution in [3.05, 3.63) is 5.01 Å². The van der Waals surface area contributed by atoms with E-state index in [0.29, 0.717) is 0 Å². The van der Waals surface area contributed by atoms with Gasteiger partial charge < -0.3 is 5.32 Å². The first kappa shape index (κ1) is 12.9. The summed E-state index contributed by atoms with van der Waals surface area (Å²) in [4.78, 5) is 0. The molecular formula is C10H19N3S2. The Balaban J connectivity index is 2.04. The number of rotatable bonds is 8. The summed E-state index contributed by atoms with van der Waals surface area (Å²) in [6, 6.07) is 0. The topological polar surface area (TPSA) is 37.8 Å². The molecule has 0 amide bonds. The van der Waals surface area contributed by atoms with Crippen molar-refractivity contribution in [1.29, 1.82) is 0 Å². The summed E-state index contributed by atoms with van der Waals surface area (Å²) >= 11 is 3.40. The van der Waals surface area contributed by atoms with Crippen molar-refractivity contribution in [2.45, 2.75) is 36.9 Å². The van der Waals surface area contributed by atoms with Gasteiger partial charge in [-0.25, -0.2) is 0 Å². The first-order valence-corrected chi connectivity index (χ1v) is 7.48. The number of aryl methyl sites for hydroxylation is 1. The van der Waals surface area contributed by atoms with E-state index in [0.717, 1.165) is 23.8 Å². The number of nitrogens with one attached hydrogen (secondary N) is 1. The van der Waals surface area contributed by atoms with Crippen molar-refractivity contribution in [1.82, 2.24) is 15.5 Å². The summed E-state index contributed by atoms with van der Waals surface area (Å²) in [5.74, 6) is 0. The second kappa shape index (κ2) is 8.07. The Morgan fingerprint density at radius 3 is 2.80 bits per heavy atom. The van der Waals surface area contributed by atoms with Gasteiger partial charge in [-0.3, -0.25) is 0 Å². The molecule has 0 atom stereocenters. The summed E-state index contributed by atoms with van der Waals surface area (Å²) < 4.78 is 1.08. The normalized spacial score (nSPS) is 10.8. The lowest BCUT2D eigenvalue weighted by Crippen LogP contribution is -2.13. The lowest BCUT2D eigenvalue weighted by atomic mass is 10.2. The van der Waals surface area contributed by atoms with Gasteiger partial charge in [0.1, 0.15) is 5.01 Å². The Labute approximate surface area is 100 Å². The second-order valence-corrected chi connectivity index (χ2v) is 5.45. The van der Waals surface area contributed by atoms with Gasteiger partial charge in [0.2, 0.25) is 0 Å². The Morgan fingerprint density at radius 2 is 2.13 bits per heavy atom. The van der Waals surface area contributed by atoms with E-state index in [1.807, 2.05) is 6.26 Å². The van der Waals surface area contributed by atoms with Gasteiger partial charge in [-0.15, -0.1) is 10.2 Å². The molecule has 0 unspecified atom stereocenters. The summed E-state index contributed by atoms with van der Waals surface area (Å²) in [6.45, 7) is 4.36. The van der Waals surface area contributed by atoms with Crippen molar-refractivity contribution in [2.75, 3.05) is 19.3 Å². The minimum absolute atomic E-state index is 1.08. The van der Waals surface area contributed by atoms with Crippen LogP contribution in [0.4, 0.5) is 0 Å². The van der Waals surface area contributed by atoms with Crippen LogP contribution in [0.2, 0.25) is 0 Å². The maximum Gasteiger partial charge on any atom is 0.174 e. The molecule has 0 spiro atoms. The number of aromatic nitrogens is 2. The van der Waals surface area contributed by atoms with E-state index in [2.05, 4.69) is 22.4 Å². The molecule has 0 saturated carbocycles. The zero-order valence-electron chi connectivity index (χ0n) is 9.45. The van der Waals surface area contributed by atoms with Gasteiger partial charge in [-0.1, -0.05) is 36.4 Å². The van der Waals surface area contributed by atoms with Crippen molar-refractivity contribution in [3.63, 3.8) is 0 Å². The zero-order valence-corrected chi connectivity index (χ0v) is 11.1. The van der Waals surface area contributed by atoms with Gasteiger partial charge in [0, 0.05) is 6.42 Å². The molecule has 5 heteroatoms. The molecule has 0 aliphatic rings. The van der Waals surface area contributed by atoms with Crippen molar-refractivity contribution < 1.29 is 0 Å². The molecule has 0 aromatic carbocycles. The molecule has 0 radical (unpaired) electrons. The molecule has 0 saturated heterocycles. The third kappa shape index (κ3) is 5.49. The van der Waals surface area contributed by atoms with Crippen molar-refractivity contribution in [3.8, 4) is 0 Å². The maximum atomic E-state index is 4.15. The number of hydrogen-bond acceptors (Lipinski definition) is 5. The van der Waals surface area contributed by atoms with E-state index in [4.69, 9.17) is 0 Å². The second-order valence-electron chi connectivity index (χ2n) is 3.33. The highest BCUT2D eigenvalue weighted by atomic mass is 32.2. The van der Waals surface area contributed by atoms with Gasteiger partial charge in [0.15, 0.2) is 4.34 Å². The number of nitrogens with zero attached hydrogens (tertiary/aromatic N) is 2. The fourth-order valence-corrected chi connectivity index (χ4v) is 2.66. The highest BCUT2D eigenvalue weighted by Gasteiger charge is 2.01. The highest BCUT2D eigenvalue weighted by Crippen LogP contribution is 2.20.